The van der Waals surface area contributed by atoms with E-state index in [0.29, 0.717) is 25.7 Å². The number of carbonyl (C=O) groups is 2. The maximum Gasteiger partial charge on any atom is 0.311 e. The molecule has 6 nitrogen and oxygen atoms in total. The summed E-state index contributed by atoms with van der Waals surface area (Å²) >= 11 is 0. The summed E-state index contributed by atoms with van der Waals surface area (Å²) in [7, 11) is -3.41. The van der Waals surface area contributed by atoms with Gasteiger partial charge in [-0.2, -0.15) is 0 Å². The van der Waals surface area contributed by atoms with E-state index in [1.54, 1.807) is 0 Å². The van der Waals surface area contributed by atoms with E-state index in [0.717, 1.165) is 32.1 Å². The van der Waals surface area contributed by atoms with Crippen molar-refractivity contribution < 1.29 is 23.1 Å². The van der Waals surface area contributed by atoms with Gasteiger partial charge in [0.25, 0.3) is 0 Å². The van der Waals surface area contributed by atoms with E-state index in [-0.39, 0.29) is 6.54 Å². The Kier molecular flexibility index (Phi) is 5.47. The minimum absolute atomic E-state index is 0.0291. The number of hydrogen-bond acceptors (Lipinski definition) is 4. The fourth-order valence-corrected chi connectivity index (χ4v) is 5.32. The van der Waals surface area contributed by atoms with Gasteiger partial charge in [-0.3, -0.25) is 9.59 Å². The molecule has 0 aromatic carbocycles. The van der Waals surface area contributed by atoms with Crippen LogP contribution < -0.4 is 5.32 Å². The van der Waals surface area contributed by atoms with Crippen molar-refractivity contribution in [2.24, 2.45) is 5.41 Å². The molecule has 0 aliphatic heterocycles. The Bertz CT molecular complexity index is 516. The van der Waals surface area contributed by atoms with Gasteiger partial charge in [0.15, 0.2) is 9.84 Å². The summed E-state index contributed by atoms with van der Waals surface area (Å²) in [5.74, 6) is -1.99. The largest absolute Gasteiger partial charge is 0.481 e. The monoisotopic (exact) mass is 331 g/mol. The van der Waals surface area contributed by atoms with Gasteiger partial charge in [-0.25, -0.2) is 8.42 Å². The molecule has 0 atom stereocenters. The molecule has 0 spiro atoms. The van der Waals surface area contributed by atoms with Crippen molar-refractivity contribution in [1.29, 1.82) is 0 Å². The predicted molar refractivity (Wildman–Crippen MR) is 82.2 cm³/mol. The number of rotatable bonds is 6. The van der Waals surface area contributed by atoms with Crippen LogP contribution in [0.5, 0.6) is 0 Å². The highest BCUT2D eigenvalue weighted by atomic mass is 32.2. The molecule has 2 rings (SSSR count). The molecule has 22 heavy (non-hydrogen) atoms. The topological polar surface area (TPSA) is 101 Å². The second kappa shape index (κ2) is 6.98. The first-order valence-corrected chi connectivity index (χ1v) is 9.79. The minimum Gasteiger partial charge on any atom is -0.481 e. The van der Waals surface area contributed by atoms with Crippen molar-refractivity contribution in [3.8, 4) is 0 Å². The lowest BCUT2D eigenvalue weighted by molar-refractivity contribution is -0.150. The number of amides is 1. The highest BCUT2D eigenvalue weighted by Crippen LogP contribution is 2.36. The molecule has 0 heterocycles. The van der Waals surface area contributed by atoms with Crippen LogP contribution in [-0.4, -0.2) is 42.9 Å². The summed E-state index contributed by atoms with van der Waals surface area (Å²) in [6, 6.07) is 0. The van der Waals surface area contributed by atoms with E-state index < -0.39 is 38.1 Å². The van der Waals surface area contributed by atoms with Crippen LogP contribution >= 0.6 is 0 Å². The number of carbonyl (C=O) groups excluding carboxylic acids is 1. The van der Waals surface area contributed by atoms with Crippen molar-refractivity contribution in [1.82, 2.24) is 5.32 Å². The van der Waals surface area contributed by atoms with E-state index in [9.17, 15) is 23.1 Å². The average molecular weight is 331 g/mol. The molecule has 0 saturated heterocycles. The second-order valence-corrected chi connectivity index (χ2v) is 8.92. The summed E-state index contributed by atoms with van der Waals surface area (Å²) in [5.41, 5.74) is -0.926. The zero-order chi connectivity index (χ0) is 16.2. The van der Waals surface area contributed by atoms with Crippen LogP contribution in [0.15, 0.2) is 0 Å². The standard InChI is InChI=1S/C15H25NO5S/c17-13(10-22(20,21)12-6-2-3-7-12)16-11-15(14(18)19)8-4-1-5-9-15/h12H,1-11H2,(H,16,17)(H,18,19). The Morgan fingerprint density at radius 2 is 1.64 bits per heavy atom. The van der Waals surface area contributed by atoms with Gasteiger partial charge in [-0.1, -0.05) is 32.1 Å². The van der Waals surface area contributed by atoms with Crippen molar-refractivity contribution in [3.63, 3.8) is 0 Å². The summed E-state index contributed by atoms with van der Waals surface area (Å²) in [6.07, 6.45) is 6.82. The molecule has 0 aromatic rings. The zero-order valence-corrected chi connectivity index (χ0v) is 13.7. The SMILES string of the molecule is O=C(CS(=O)(=O)C1CCCC1)NCC1(C(=O)O)CCCCC1. The van der Waals surface area contributed by atoms with Crippen LogP contribution in [0.4, 0.5) is 0 Å². The Balaban J connectivity index is 1.90. The number of hydrogen-bond donors (Lipinski definition) is 2. The molecule has 2 fully saturated rings. The van der Waals surface area contributed by atoms with Gasteiger partial charge in [-0.15, -0.1) is 0 Å². The molecule has 7 heteroatoms. The minimum atomic E-state index is -3.41. The molecule has 2 saturated carbocycles. The summed E-state index contributed by atoms with van der Waals surface area (Å²) < 4.78 is 24.3. The summed E-state index contributed by atoms with van der Waals surface area (Å²) in [6.45, 7) is 0.0291. The quantitative estimate of drug-likeness (QED) is 0.768. The first kappa shape index (κ1) is 17.2. The molecule has 0 aromatic heterocycles. The van der Waals surface area contributed by atoms with Crippen molar-refractivity contribution in [2.45, 2.75) is 63.0 Å². The van der Waals surface area contributed by atoms with Gasteiger partial charge >= 0.3 is 5.97 Å². The molecule has 0 bridgehead atoms. The first-order valence-electron chi connectivity index (χ1n) is 8.07. The maximum absolute atomic E-state index is 12.1. The Morgan fingerprint density at radius 1 is 1.05 bits per heavy atom. The molecule has 0 radical (unpaired) electrons. The molecule has 2 aliphatic rings. The zero-order valence-electron chi connectivity index (χ0n) is 12.8. The molecule has 0 unspecified atom stereocenters. The van der Waals surface area contributed by atoms with E-state index in [1.165, 1.54) is 0 Å². The van der Waals surface area contributed by atoms with Crippen LogP contribution in [0, 0.1) is 5.41 Å². The van der Waals surface area contributed by atoms with E-state index in [2.05, 4.69) is 5.32 Å². The lowest BCUT2D eigenvalue weighted by Crippen LogP contribution is -2.46. The highest BCUT2D eigenvalue weighted by Gasteiger charge is 2.40. The summed E-state index contributed by atoms with van der Waals surface area (Å²) in [4.78, 5) is 23.5. The average Bonchev–Trinajstić information content (AvgIpc) is 3.00. The van der Waals surface area contributed by atoms with Crippen LogP contribution in [0.1, 0.15) is 57.8 Å². The van der Waals surface area contributed by atoms with Gasteiger partial charge < -0.3 is 10.4 Å². The third-order valence-corrected chi connectivity index (χ3v) is 7.18. The van der Waals surface area contributed by atoms with Gasteiger partial charge in [0.2, 0.25) is 5.91 Å². The smallest absolute Gasteiger partial charge is 0.311 e. The van der Waals surface area contributed by atoms with E-state index in [4.69, 9.17) is 0 Å². The molecular weight excluding hydrogens is 306 g/mol. The maximum atomic E-state index is 12.1. The van der Waals surface area contributed by atoms with E-state index in [1.807, 2.05) is 0 Å². The van der Waals surface area contributed by atoms with Gasteiger partial charge in [-0.05, 0) is 25.7 Å². The van der Waals surface area contributed by atoms with Crippen molar-refractivity contribution >= 4 is 21.7 Å². The predicted octanol–water partition coefficient (Wildman–Crippen LogP) is 1.50. The Morgan fingerprint density at radius 3 is 2.18 bits per heavy atom. The number of aliphatic carboxylic acids is 1. The fourth-order valence-electron chi connectivity index (χ4n) is 3.56. The summed E-state index contributed by atoms with van der Waals surface area (Å²) in [5, 5.41) is 11.6. The highest BCUT2D eigenvalue weighted by molar-refractivity contribution is 7.92. The molecular formula is C15H25NO5S. The number of carboxylic acid groups (broad SMARTS) is 1. The fraction of sp³-hybridized carbons (Fsp3) is 0.867. The third kappa shape index (κ3) is 4.00. The van der Waals surface area contributed by atoms with E-state index >= 15 is 0 Å². The van der Waals surface area contributed by atoms with Gasteiger partial charge in [0, 0.05) is 6.54 Å². The van der Waals surface area contributed by atoms with Crippen LogP contribution in [0.3, 0.4) is 0 Å². The van der Waals surface area contributed by atoms with Crippen LogP contribution in [0.2, 0.25) is 0 Å². The van der Waals surface area contributed by atoms with Crippen LogP contribution in [0.25, 0.3) is 0 Å². The van der Waals surface area contributed by atoms with Gasteiger partial charge in [0.05, 0.1) is 10.7 Å². The number of sulfone groups is 1. The lowest BCUT2D eigenvalue weighted by Gasteiger charge is -2.33. The number of carboxylic acids is 1. The molecule has 2 N–H and O–H groups in total. The second-order valence-electron chi connectivity index (χ2n) is 6.64. The first-order chi connectivity index (χ1) is 10.4. The molecule has 2 aliphatic carbocycles. The number of nitrogens with one attached hydrogen (secondary N) is 1. The molecule has 126 valence electrons. The van der Waals surface area contributed by atoms with Crippen molar-refractivity contribution in [2.75, 3.05) is 12.3 Å². The molecule has 1 amide bonds. The van der Waals surface area contributed by atoms with Crippen LogP contribution in [-0.2, 0) is 19.4 Å². The third-order valence-electron chi connectivity index (χ3n) is 5.03. The van der Waals surface area contributed by atoms with Crippen molar-refractivity contribution in [3.05, 3.63) is 0 Å². The Hall–Kier alpha value is -1.11. The lowest BCUT2D eigenvalue weighted by atomic mass is 9.74. The Labute approximate surface area is 131 Å². The normalized spacial score (nSPS) is 22.4. The van der Waals surface area contributed by atoms with Gasteiger partial charge in [0.1, 0.15) is 5.75 Å².